The molecule has 0 aliphatic carbocycles. The minimum absolute atomic E-state index is 0.0374. The van der Waals surface area contributed by atoms with E-state index in [4.69, 9.17) is 16.3 Å². The lowest BCUT2D eigenvalue weighted by atomic mass is 10.1. The van der Waals surface area contributed by atoms with Gasteiger partial charge in [-0.1, -0.05) is 0 Å². The zero-order chi connectivity index (χ0) is 15.6. The fourth-order valence-electron chi connectivity index (χ4n) is 1.72. The van der Waals surface area contributed by atoms with Crippen molar-refractivity contribution in [2.75, 3.05) is 12.4 Å². The first-order valence-corrected chi connectivity index (χ1v) is 6.31. The molecule has 0 amide bonds. The number of aromatic nitrogens is 3. The van der Waals surface area contributed by atoms with Crippen LogP contribution in [-0.4, -0.2) is 26.9 Å². The minimum Gasteiger partial charge on any atom is -0.424 e. The third-order valence-corrected chi connectivity index (χ3v) is 2.87. The summed E-state index contributed by atoms with van der Waals surface area (Å²) in [5.74, 6) is 0.529. The predicted molar refractivity (Wildman–Crippen MR) is 77.0 cm³/mol. The number of hydrogen-bond donors (Lipinski definition) is 1. The zero-order valence-electron chi connectivity index (χ0n) is 11.5. The molecule has 1 N–H and O–H groups in total. The Hall–Kier alpha value is -2.48. The van der Waals surface area contributed by atoms with E-state index in [0.29, 0.717) is 5.56 Å². The van der Waals surface area contributed by atoms with Crippen LogP contribution >= 0.6 is 11.6 Å². The van der Waals surface area contributed by atoms with Crippen LogP contribution in [0, 0.1) is 24.0 Å². The topological polar surface area (TPSA) is 103 Å². The fourth-order valence-corrected chi connectivity index (χ4v) is 1.87. The van der Waals surface area contributed by atoms with E-state index in [9.17, 15) is 10.1 Å². The van der Waals surface area contributed by atoms with Gasteiger partial charge in [0.2, 0.25) is 11.2 Å². The fraction of sp³-hybridized carbons (Fsp3) is 0.250. The van der Waals surface area contributed by atoms with Crippen molar-refractivity contribution in [3.05, 3.63) is 38.7 Å². The normalized spacial score (nSPS) is 10.3. The van der Waals surface area contributed by atoms with Crippen molar-refractivity contribution in [3.8, 4) is 11.8 Å². The van der Waals surface area contributed by atoms with Crippen LogP contribution in [0.25, 0.3) is 0 Å². The van der Waals surface area contributed by atoms with Gasteiger partial charge in [-0.15, -0.1) is 0 Å². The van der Waals surface area contributed by atoms with E-state index >= 15 is 0 Å². The first-order valence-electron chi connectivity index (χ1n) is 5.93. The third kappa shape index (κ3) is 3.34. The third-order valence-electron chi connectivity index (χ3n) is 2.70. The first-order chi connectivity index (χ1) is 9.90. The van der Waals surface area contributed by atoms with Crippen LogP contribution in [0.4, 0.5) is 11.6 Å². The van der Waals surface area contributed by atoms with Gasteiger partial charge in [-0.2, -0.15) is 15.0 Å². The van der Waals surface area contributed by atoms with E-state index < -0.39 is 4.92 Å². The van der Waals surface area contributed by atoms with Crippen LogP contribution in [0.15, 0.2) is 12.1 Å². The standard InChI is InChI=1S/C12H12ClN5O3/c1-6-4-7(2)9(5-8(6)18(19)20)21-12-16-10(13)15-11(14-3)17-12/h4-5H,1-3H3,(H,14,15,16,17). The average Bonchev–Trinajstić information content (AvgIpc) is 2.40. The Morgan fingerprint density at radius 2 is 1.95 bits per heavy atom. The molecule has 0 aliphatic heterocycles. The SMILES string of the molecule is CNc1nc(Cl)nc(Oc2cc([N+](=O)[O-])c(C)cc2C)n1. The number of hydrogen-bond acceptors (Lipinski definition) is 7. The lowest BCUT2D eigenvalue weighted by Crippen LogP contribution is -2.02. The number of aryl methyl sites for hydroxylation is 2. The van der Waals surface area contributed by atoms with Crippen LogP contribution < -0.4 is 10.1 Å². The second-order valence-corrected chi connectivity index (χ2v) is 4.56. The summed E-state index contributed by atoms with van der Waals surface area (Å²) in [6.45, 7) is 3.43. The maximum Gasteiger partial charge on any atom is 0.328 e. The van der Waals surface area contributed by atoms with Crippen molar-refractivity contribution in [2.24, 2.45) is 0 Å². The molecular weight excluding hydrogens is 298 g/mol. The average molecular weight is 310 g/mol. The number of nitrogens with one attached hydrogen (secondary N) is 1. The molecule has 0 spiro atoms. The number of ether oxygens (including phenoxy) is 1. The molecule has 0 fully saturated rings. The molecule has 1 aromatic heterocycles. The number of nitrogens with zero attached hydrogens (tertiary/aromatic N) is 4. The number of halogens is 1. The van der Waals surface area contributed by atoms with Crippen molar-refractivity contribution >= 4 is 23.2 Å². The number of anilines is 1. The summed E-state index contributed by atoms with van der Waals surface area (Å²) < 4.78 is 5.49. The smallest absolute Gasteiger partial charge is 0.328 e. The van der Waals surface area contributed by atoms with Gasteiger partial charge in [-0.3, -0.25) is 10.1 Å². The quantitative estimate of drug-likeness (QED) is 0.684. The molecule has 1 aromatic carbocycles. The van der Waals surface area contributed by atoms with Crippen molar-refractivity contribution < 1.29 is 9.66 Å². The summed E-state index contributed by atoms with van der Waals surface area (Å²) >= 11 is 5.75. The molecule has 2 rings (SSSR count). The molecule has 9 heteroatoms. The van der Waals surface area contributed by atoms with Crippen LogP contribution in [0.5, 0.6) is 11.8 Å². The van der Waals surface area contributed by atoms with E-state index in [1.165, 1.54) is 6.07 Å². The van der Waals surface area contributed by atoms with Gasteiger partial charge in [-0.25, -0.2) is 0 Å². The molecule has 0 saturated carbocycles. The van der Waals surface area contributed by atoms with E-state index in [1.807, 2.05) is 0 Å². The van der Waals surface area contributed by atoms with Gasteiger partial charge in [0, 0.05) is 12.6 Å². The predicted octanol–water partition coefficient (Wildman–Crippen LogP) is 2.88. The maximum atomic E-state index is 11.0. The van der Waals surface area contributed by atoms with Crippen molar-refractivity contribution in [1.29, 1.82) is 0 Å². The number of rotatable bonds is 4. The summed E-state index contributed by atoms with van der Waals surface area (Å²) in [5, 5.41) is 13.6. The Morgan fingerprint density at radius 3 is 2.57 bits per heavy atom. The molecule has 21 heavy (non-hydrogen) atoms. The van der Waals surface area contributed by atoms with Gasteiger partial charge in [0.1, 0.15) is 5.75 Å². The molecule has 2 aromatic rings. The Balaban J connectivity index is 2.41. The van der Waals surface area contributed by atoms with Crippen molar-refractivity contribution in [2.45, 2.75) is 13.8 Å². The lowest BCUT2D eigenvalue weighted by molar-refractivity contribution is -0.385. The summed E-state index contributed by atoms with van der Waals surface area (Å²) in [6, 6.07) is 2.96. The van der Waals surface area contributed by atoms with Crippen LogP contribution in [-0.2, 0) is 0 Å². The number of benzene rings is 1. The van der Waals surface area contributed by atoms with E-state index in [2.05, 4.69) is 20.3 Å². The van der Waals surface area contributed by atoms with Crippen molar-refractivity contribution in [1.82, 2.24) is 15.0 Å². The molecule has 110 valence electrons. The molecule has 1 heterocycles. The molecule has 0 saturated heterocycles. The Kier molecular flexibility index (Phi) is 4.18. The first kappa shape index (κ1) is 14.9. The van der Waals surface area contributed by atoms with E-state index in [1.54, 1.807) is 27.0 Å². The van der Waals surface area contributed by atoms with E-state index in [-0.39, 0.29) is 28.7 Å². The highest BCUT2D eigenvalue weighted by Crippen LogP contribution is 2.30. The molecule has 0 unspecified atom stereocenters. The summed E-state index contributed by atoms with van der Waals surface area (Å²) in [7, 11) is 1.62. The highest BCUT2D eigenvalue weighted by Gasteiger charge is 2.16. The minimum atomic E-state index is -0.471. The lowest BCUT2D eigenvalue weighted by Gasteiger charge is -2.09. The second-order valence-electron chi connectivity index (χ2n) is 4.22. The molecule has 8 nitrogen and oxygen atoms in total. The Labute approximate surface area is 125 Å². The molecular formula is C12H12ClN5O3. The molecule has 0 radical (unpaired) electrons. The number of nitro groups is 1. The highest BCUT2D eigenvalue weighted by molar-refractivity contribution is 6.28. The van der Waals surface area contributed by atoms with Gasteiger partial charge in [0.25, 0.3) is 5.69 Å². The summed E-state index contributed by atoms with van der Waals surface area (Å²) in [4.78, 5) is 22.1. The molecule has 0 aliphatic rings. The molecule has 0 bridgehead atoms. The van der Waals surface area contributed by atoms with Gasteiger partial charge in [0.15, 0.2) is 0 Å². The summed E-state index contributed by atoms with van der Waals surface area (Å²) in [6.07, 6.45) is 0. The Morgan fingerprint density at radius 1 is 1.24 bits per heavy atom. The van der Waals surface area contributed by atoms with Gasteiger partial charge in [0.05, 0.1) is 11.0 Å². The van der Waals surface area contributed by atoms with Gasteiger partial charge >= 0.3 is 6.01 Å². The summed E-state index contributed by atoms with van der Waals surface area (Å²) in [5.41, 5.74) is 1.24. The van der Waals surface area contributed by atoms with E-state index in [0.717, 1.165) is 5.56 Å². The van der Waals surface area contributed by atoms with Gasteiger partial charge < -0.3 is 10.1 Å². The van der Waals surface area contributed by atoms with Crippen LogP contribution in [0.2, 0.25) is 5.28 Å². The maximum absolute atomic E-state index is 11.0. The van der Waals surface area contributed by atoms with Gasteiger partial charge in [-0.05, 0) is 37.1 Å². The van der Waals surface area contributed by atoms with Crippen molar-refractivity contribution in [3.63, 3.8) is 0 Å². The van der Waals surface area contributed by atoms with Crippen LogP contribution in [0.1, 0.15) is 11.1 Å². The second kappa shape index (κ2) is 5.88. The zero-order valence-corrected chi connectivity index (χ0v) is 12.3. The van der Waals surface area contributed by atoms with Crippen LogP contribution in [0.3, 0.4) is 0 Å². The highest BCUT2D eigenvalue weighted by atomic mass is 35.5. The number of nitro benzene ring substituents is 1. The largest absolute Gasteiger partial charge is 0.424 e. The Bertz CT molecular complexity index is 708. The monoisotopic (exact) mass is 309 g/mol. The molecule has 0 atom stereocenters.